The summed E-state index contributed by atoms with van der Waals surface area (Å²) in [4.78, 5) is 1.64. The largest absolute Gasteiger partial charge is 0.391 e. The topological polar surface area (TPSA) is 20.2 Å². The lowest BCUT2D eigenvalue weighted by atomic mass is 10.0. The highest BCUT2D eigenvalue weighted by Gasteiger charge is 2.28. The highest BCUT2D eigenvalue weighted by Crippen LogP contribution is 2.27. The minimum Gasteiger partial charge on any atom is -0.391 e. The molecule has 0 fully saturated rings. The predicted octanol–water partition coefficient (Wildman–Crippen LogP) is 4.55. The van der Waals surface area contributed by atoms with E-state index in [1.807, 2.05) is 19.9 Å². The van der Waals surface area contributed by atoms with Gasteiger partial charge in [0.15, 0.2) is 0 Å². The Morgan fingerprint density at radius 2 is 2.13 bits per heavy atom. The molecule has 0 aliphatic carbocycles. The summed E-state index contributed by atoms with van der Waals surface area (Å²) in [5.41, 5.74) is 0.922. The third-order valence-electron chi connectivity index (χ3n) is 2.08. The second-order valence-electron chi connectivity index (χ2n) is 3.51. The second kappa shape index (κ2) is 7.33. The fraction of sp³-hybridized carbons (Fsp3) is 0.600. The molecule has 0 spiro atoms. The van der Waals surface area contributed by atoms with E-state index in [9.17, 15) is 5.11 Å². The smallest absolute Gasteiger partial charge is 0.0736 e. The van der Waals surface area contributed by atoms with Gasteiger partial charge < -0.3 is 5.11 Å². The Morgan fingerprint density at radius 3 is 2.53 bits per heavy atom. The van der Waals surface area contributed by atoms with Gasteiger partial charge in [0.1, 0.15) is 0 Å². The van der Waals surface area contributed by atoms with E-state index in [4.69, 9.17) is 23.2 Å². The number of hydrogen-bond donors (Lipinski definition) is 1. The van der Waals surface area contributed by atoms with E-state index in [-0.39, 0.29) is 0 Å². The van der Waals surface area contributed by atoms with Crippen molar-refractivity contribution in [3.05, 3.63) is 21.7 Å². The van der Waals surface area contributed by atoms with Crippen LogP contribution < -0.4 is 0 Å². The van der Waals surface area contributed by atoms with Gasteiger partial charge in [-0.1, -0.05) is 49.5 Å². The Labute approximate surface area is 118 Å². The average Bonchev–Trinajstić information content (AvgIpc) is 2.23. The summed E-state index contributed by atoms with van der Waals surface area (Å²) in [6.45, 7) is 3.74. The lowest BCUT2D eigenvalue weighted by Gasteiger charge is -2.25. The zero-order valence-corrected chi connectivity index (χ0v) is 13.3. The summed E-state index contributed by atoms with van der Waals surface area (Å²) < 4.78 is -0.462. The molecular weight excluding hydrogens is 367 g/mol. The van der Waals surface area contributed by atoms with Crippen LogP contribution >= 0.6 is 55.1 Å². The van der Waals surface area contributed by atoms with Crippen molar-refractivity contribution in [1.82, 2.24) is 0 Å². The molecule has 15 heavy (non-hydrogen) atoms. The van der Waals surface area contributed by atoms with Crippen LogP contribution in [0.5, 0.6) is 0 Å². The Hall–Kier alpha value is 0.980. The molecule has 0 aromatic rings. The Balaban J connectivity index is 4.39. The summed E-state index contributed by atoms with van der Waals surface area (Å²) in [6.07, 6.45) is 1.86. The van der Waals surface area contributed by atoms with Crippen LogP contribution in [0.3, 0.4) is 0 Å². The zero-order valence-electron chi connectivity index (χ0n) is 8.61. The fourth-order valence-electron chi connectivity index (χ4n) is 0.807. The summed E-state index contributed by atoms with van der Waals surface area (Å²) in [5, 5.41) is 10.5. The fourth-order valence-corrected chi connectivity index (χ4v) is 1.61. The van der Waals surface area contributed by atoms with Crippen molar-refractivity contribution in [1.29, 1.82) is 0 Å². The van der Waals surface area contributed by atoms with Gasteiger partial charge in [0.2, 0.25) is 0 Å². The van der Waals surface area contributed by atoms with Crippen molar-refractivity contribution in [3.63, 3.8) is 0 Å². The third kappa shape index (κ3) is 5.73. The first-order valence-electron chi connectivity index (χ1n) is 4.41. The molecule has 0 aromatic carbocycles. The molecule has 0 heterocycles. The molecule has 0 saturated carbocycles. The Morgan fingerprint density at radius 1 is 1.60 bits per heavy atom. The molecule has 0 saturated heterocycles. The first-order chi connectivity index (χ1) is 6.85. The zero-order chi connectivity index (χ0) is 12.1. The van der Waals surface area contributed by atoms with E-state index in [1.54, 1.807) is 4.99 Å². The van der Waals surface area contributed by atoms with E-state index in [1.165, 1.54) is 0 Å². The quantitative estimate of drug-likeness (QED) is 0.548. The summed E-state index contributed by atoms with van der Waals surface area (Å²) in [7, 11) is 0. The van der Waals surface area contributed by atoms with Crippen LogP contribution in [0, 0.1) is 0 Å². The van der Waals surface area contributed by atoms with Gasteiger partial charge in [-0.05, 0) is 25.8 Å². The molecule has 0 amide bonds. The number of halogens is 4. The van der Waals surface area contributed by atoms with Crippen molar-refractivity contribution in [3.8, 4) is 0 Å². The highest BCUT2D eigenvalue weighted by molar-refractivity contribution is 9.11. The third-order valence-corrected chi connectivity index (χ3v) is 4.89. The SMILES string of the molecule is CC(=C/C[C@@H](O)[C@@](C)(Br)CCl)/C(Cl)=C/Br. The highest BCUT2D eigenvalue weighted by atomic mass is 79.9. The van der Waals surface area contributed by atoms with Crippen LogP contribution in [0.2, 0.25) is 0 Å². The number of alkyl halides is 2. The van der Waals surface area contributed by atoms with Crippen LogP contribution in [-0.2, 0) is 0 Å². The summed E-state index contributed by atoms with van der Waals surface area (Å²) in [6, 6.07) is 0. The van der Waals surface area contributed by atoms with E-state index in [0.29, 0.717) is 17.3 Å². The van der Waals surface area contributed by atoms with Gasteiger partial charge in [-0.2, -0.15) is 0 Å². The maximum Gasteiger partial charge on any atom is 0.0736 e. The number of aliphatic hydroxyl groups excluding tert-OH is 1. The van der Waals surface area contributed by atoms with Gasteiger partial charge in [-0.3, -0.25) is 0 Å². The van der Waals surface area contributed by atoms with Crippen molar-refractivity contribution in [2.24, 2.45) is 0 Å². The van der Waals surface area contributed by atoms with Crippen molar-refractivity contribution in [2.75, 3.05) is 5.88 Å². The lowest BCUT2D eigenvalue weighted by Crippen LogP contribution is -2.34. The number of allylic oxidation sites excluding steroid dienone is 2. The van der Waals surface area contributed by atoms with E-state index < -0.39 is 10.4 Å². The van der Waals surface area contributed by atoms with Gasteiger partial charge in [0.25, 0.3) is 0 Å². The molecule has 0 radical (unpaired) electrons. The van der Waals surface area contributed by atoms with Gasteiger partial charge in [0, 0.05) is 10.9 Å². The molecule has 0 aromatic heterocycles. The van der Waals surface area contributed by atoms with Crippen LogP contribution in [0.4, 0.5) is 0 Å². The molecule has 88 valence electrons. The van der Waals surface area contributed by atoms with Crippen LogP contribution in [-0.4, -0.2) is 21.4 Å². The minimum absolute atomic E-state index is 0.350. The maximum absolute atomic E-state index is 9.83. The van der Waals surface area contributed by atoms with Crippen LogP contribution in [0.15, 0.2) is 21.7 Å². The first-order valence-corrected chi connectivity index (χ1v) is 7.03. The summed E-state index contributed by atoms with van der Waals surface area (Å²) in [5.74, 6) is 0.350. The van der Waals surface area contributed by atoms with E-state index >= 15 is 0 Å². The monoisotopic (exact) mass is 378 g/mol. The molecule has 0 unspecified atom stereocenters. The standard InChI is InChI=1S/C10H14Br2Cl2O/c1-7(8(14)5-11)3-4-9(15)10(2,12)6-13/h3,5,9,15H,4,6H2,1-2H3/b7-3-,8-5-/t9-,10+/m1/s1. The van der Waals surface area contributed by atoms with Crippen LogP contribution in [0.1, 0.15) is 20.3 Å². The maximum atomic E-state index is 9.83. The number of aliphatic hydroxyl groups is 1. The minimum atomic E-state index is -0.537. The molecule has 0 rings (SSSR count). The van der Waals surface area contributed by atoms with Gasteiger partial charge in [-0.25, -0.2) is 0 Å². The molecule has 0 aliphatic rings. The average molecular weight is 381 g/mol. The molecular formula is C10H14Br2Cl2O. The normalized spacial score (nSPS) is 19.9. The molecule has 1 N–H and O–H groups in total. The van der Waals surface area contributed by atoms with Gasteiger partial charge in [-0.15, -0.1) is 11.6 Å². The number of hydrogen-bond acceptors (Lipinski definition) is 1. The Kier molecular flexibility index (Phi) is 7.81. The molecule has 1 nitrogen and oxygen atoms in total. The van der Waals surface area contributed by atoms with Crippen LogP contribution in [0.25, 0.3) is 0 Å². The second-order valence-corrected chi connectivity index (χ2v) is 6.45. The van der Waals surface area contributed by atoms with E-state index in [0.717, 1.165) is 5.57 Å². The molecule has 2 atom stereocenters. The molecule has 0 aliphatic heterocycles. The lowest BCUT2D eigenvalue weighted by molar-refractivity contribution is 0.149. The Bertz CT molecular complexity index is 262. The summed E-state index contributed by atoms with van der Waals surface area (Å²) >= 11 is 18.1. The molecule has 0 bridgehead atoms. The first kappa shape index (κ1) is 16.0. The van der Waals surface area contributed by atoms with Crippen molar-refractivity contribution in [2.45, 2.75) is 30.7 Å². The molecule has 5 heteroatoms. The van der Waals surface area contributed by atoms with Gasteiger partial charge >= 0.3 is 0 Å². The van der Waals surface area contributed by atoms with Crippen molar-refractivity contribution < 1.29 is 5.11 Å². The van der Waals surface area contributed by atoms with E-state index in [2.05, 4.69) is 31.9 Å². The van der Waals surface area contributed by atoms with Gasteiger partial charge in [0.05, 0.1) is 15.5 Å². The van der Waals surface area contributed by atoms with Crippen molar-refractivity contribution >= 4 is 55.1 Å². The number of rotatable bonds is 5. The predicted molar refractivity (Wildman–Crippen MR) is 75.3 cm³/mol.